The van der Waals surface area contributed by atoms with Gasteiger partial charge < -0.3 is 15.7 Å². The van der Waals surface area contributed by atoms with Gasteiger partial charge >= 0.3 is 0 Å². The Balaban J connectivity index is 2.21. The van der Waals surface area contributed by atoms with Gasteiger partial charge in [0.15, 0.2) is 0 Å². The van der Waals surface area contributed by atoms with Crippen molar-refractivity contribution in [2.45, 2.75) is 18.9 Å². The van der Waals surface area contributed by atoms with Crippen molar-refractivity contribution in [1.29, 1.82) is 0 Å². The van der Waals surface area contributed by atoms with Gasteiger partial charge in [-0.15, -0.1) is 0 Å². The lowest BCUT2D eigenvalue weighted by Crippen LogP contribution is -2.50. The van der Waals surface area contributed by atoms with Crippen molar-refractivity contribution >= 4 is 11.8 Å². The number of piperidine rings is 1. The second kappa shape index (κ2) is 6.86. The average Bonchev–Trinajstić information content (AvgIpc) is 2.48. The van der Waals surface area contributed by atoms with E-state index in [4.69, 9.17) is 5.11 Å². The van der Waals surface area contributed by atoms with Gasteiger partial charge in [-0.1, -0.05) is 11.8 Å². The molecule has 6 heteroatoms. The van der Waals surface area contributed by atoms with Gasteiger partial charge in [0, 0.05) is 12.1 Å². The van der Waals surface area contributed by atoms with Crippen LogP contribution in [0, 0.1) is 17.7 Å². The van der Waals surface area contributed by atoms with E-state index in [2.05, 4.69) is 22.5 Å². The number of amides is 2. The quantitative estimate of drug-likeness (QED) is 0.680. The SMILES string of the molecule is O=C(NC1CCCNC1=O)c1cc(F)ccc1C#CCO. The molecule has 1 unspecified atom stereocenters. The van der Waals surface area contributed by atoms with E-state index >= 15 is 0 Å². The maximum atomic E-state index is 13.3. The standard InChI is InChI=1S/C15H15FN2O3/c16-11-6-5-10(3-2-8-19)12(9-11)14(20)18-13-4-1-7-17-15(13)21/h5-6,9,13,19H,1,4,7-8H2,(H,17,21)(H,18,20). The van der Waals surface area contributed by atoms with E-state index in [1.54, 1.807) is 0 Å². The Morgan fingerprint density at radius 2 is 2.33 bits per heavy atom. The minimum atomic E-state index is -0.617. The molecule has 1 aromatic carbocycles. The zero-order valence-electron chi connectivity index (χ0n) is 11.3. The summed E-state index contributed by atoms with van der Waals surface area (Å²) in [6.45, 7) is 0.238. The second-order valence-electron chi connectivity index (χ2n) is 4.61. The zero-order chi connectivity index (χ0) is 15.2. The van der Waals surface area contributed by atoms with Crippen LogP contribution in [0.15, 0.2) is 18.2 Å². The van der Waals surface area contributed by atoms with Gasteiger partial charge in [-0.05, 0) is 31.0 Å². The third-order valence-electron chi connectivity index (χ3n) is 3.12. The Kier molecular flexibility index (Phi) is 4.90. The van der Waals surface area contributed by atoms with Crippen LogP contribution in [-0.4, -0.2) is 36.1 Å². The lowest BCUT2D eigenvalue weighted by molar-refractivity contribution is -0.124. The summed E-state index contributed by atoms with van der Waals surface area (Å²) in [4.78, 5) is 23.8. The Morgan fingerprint density at radius 1 is 1.52 bits per heavy atom. The fourth-order valence-corrected chi connectivity index (χ4v) is 2.09. The molecule has 1 atom stereocenters. The van der Waals surface area contributed by atoms with Crippen LogP contribution in [0.4, 0.5) is 4.39 Å². The predicted octanol–water partition coefficient (Wildman–Crippen LogP) is 0.178. The monoisotopic (exact) mass is 290 g/mol. The highest BCUT2D eigenvalue weighted by atomic mass is 19.1. The van der Waals surface area contributed by atoms with E-state index < -0.39 is 17.8 Å². The van der Waals surface area contributed by atoms with Crippen LogP contribution in [0.25, 0.3) is 0 Å². The van der Waals surface area contributed by atoms with Crippen molar-refractivity contribution < 1.29 is 19.1 Å². The first-order chi connectivity index (χ1) is 10.1. The number of nitrogens with one attached hydrogen (secondary N) is 2. The molecule has 0 bridgehead atoms. The molecule has 3 N–H and O–H groups in total. The molecule has 1 aliphatic heterocycles. The number of rotatable bonds is 2. The van der Waals surface area contributed by atoms with Crippen LogP contribution < -0.4 is 10.6 Å². The van der Waals surface area contributed by atoms with Crippen LogP contribution in [0.3, 0.4) is 0 Å². The molecule has 0 radical (unpaired) electrons. The number of benzene rings is 1. The number of aliphatic hydroxyl groups excluding tert-OH is 1. The maximum absolute atomic E-state index is 13.3. The lowest BCUT2D eigenvalue weighted by atomic mass is 10.0. The van der Waals surface area contributed by atoms with Crippen LogP contribution in [0.5, 0.6) is 0 Å². The summed E-state index contributed by atoms with van der Waals surface area (Å²) in [7, 11) is 0. The van der Waals surface area contributed by atoms with Gasteiger partial charge in [-0.25, -0.2) is 4.39 Å². The third-order valence-corrected chi connectivity index (χ3v) is 3.12. The van der Waals surface area contributed by atoms with E-state index in [1.165, 1.54) is 12.1 Å². The molecule has 5 nitrogen and oxygen atoms in total. The van der Waals surface area contributed by atoms with Crippen LogP contribution in [-0.2, 0) is 4.79 Å². The summed E-state index contributed by atoms with van der Waals surface area (Å²) in [6.07, 6.45) is 1.32. The smallest absolute Gasteiger partial charge is 0.253 e. The number of carbonyl (C=O) groups excluding carboxylic acids is 2. The van der Waals surface area contributed by atoms with Gasteiger partial charge in [0.2, 0.25) is 5.91 Å². The molecule has 1 saturated heterocycles. The lowest BCUT2D eigenvalue weighted by Gasteiger charge is -2.23. The van der Waals surface area contributed by atoms with Crippen molar-refractivity contribution in [1.82, 2.24) is 10.6 Å². The fourth-order valence-electron chi connectivity index (χ4n) is 2.09. The molecule has 0 spiro atoms. The molecule has 2 amide bonds. The molecule has 1 aromatic rings. The Hall–Kier alpha value is -2.39. The first kappa shape index (κ1) is 15.0. The Morgan fingerprint density at radius 3 is 3.05 bits per heavy atom. The molecule has 2 rings (SSSR count). The van der Waals surface area contributed by atoms with Gasteiger partial charge in [0.25, 0.3) is 5.91 Å². The highest BCUT2D eigenvalue weighted by molar-refractivity contribution is 5.99. The van der Waals surface area contributed by atoms with Gasteiger partial charge in [0.05, 0.1) is 5.56 Å². The van der Waals surface area contributed by atoms with Gasteiger partial charge in [0.1, 0.15) is 18.5 Å². The normalized spacial score (nSPS) is 17.4. The Labute approximate surface area is 121 Å². The first-order valence-electron chi connectivity index (χ1n) is 6.59. The molecule has 1 fully saturated rings. The molecule has 1 heterocycles. The topological polar surface area (TPSA) is 78.4 Å². The van der Waals surface area contributed by atoms with Crippen LogP contribution in [0.1, 0.15) is 28.8 Å². The summed E-state index contributed by atoms with van der Waals surface area (Å²) in [5, 5.41) is 13.9. The molecule has 1 aliphatic rings. The van der Waals surface area contributed by atoms with E-state index in [0.717, 1.165) is 12.5 Å². The van der Waals surface area contributed by atoms with E-state index in [-0.39, 0.29) is 18.1 Å². The van der Waals surface area contributed by atoms with E-state index in [0.29, 0.717) is 18.5 Å². The highest BCUT2D eigenvalue weighted by Crippen LogP contribution is 2.12. The van der Waals surface area contributed by atoms with Gasteiger partial charge in [-0.2, -0.15) is 0 Å². The summed E-state index contributed by atoms with van der Waals surface area (Å²) in [6, 6.07) is 3.00. The first-order valence-corrected chi connectivity index (χ1v) is 6.59. The molecular weight excluding hydrogens is 275 g/mol. The number of carbonyl (C=O) groups is 2. The Bertz CT molecular complexity index is 619. The third kappa shape index (κ3) is 3.80. The average molecular weight is 290 g/mol. The molecule has 21 heavy (non-hydrogen) atoms. The van der Waals surface area contributed by atoms with E-state index in [9.17, 15) is 14.0 Å². The number of halogens is 1. The fraction of sp³-hybridized carbons (Fsp3) is 0.333. The molecule has 0 saturated carbocycles. The molecule has 0 aliphatic carbocycles. The van der Waals surface area contributed by atoms with Crippen LogP contribution >= 0.6 is 0 Å². The zero-order valence-corrected chi connectivity index (χ0v) is 11.3. The minimum absolute atomic E-state index is 0.0503. The summed E-state index contributed by atoms with van der Waals surface area (Å²) in [5.41, 5.74) is 0.355. The highest BCUT2D eigenvalue weighted by Gasteiger charge is 2.24. The predicted molar refractivity (Wildman–Crippen MR) is 73.9 cm³/mol. The molecule has 110 valence electrons. The van der Waals surface area contributed by atoms with Crippen molar-refractivity contribution in [3.05, 3.63) is 35.1 Å². The van der Waals surface area contributed by atoms with Crippen molar-refractivity contribution in [3.63, 3.8) is 0 Å². The molecular formula is C15H15FN2O3. The largest absolute Gasteiger partial charge is 0.384 e. The molecule has 0 aromatic heterocycles. The van der Waals surface area contributed by atoms with Crippen molar-refractivity contribution in [2.75, 3.05) is 13.2 Å². The van der Waals surface area contributed by atoms with Crippen molar-refractivity contribution in [2.24, 2.45) is 0 Å². The number of hydrogen-bond donors (Lipinski definition) is 3. The summed E-state index contributed by atoms with van der Waals surface area (Å²) < 4.78 is 13.3. The summed E-state index contributed by atoms with van der Waals surface area (Å²) >= 11 is 0. The second-order valence-corrected chi connectivity index (χ2v) is 4.61. The van der Waals surface area contributed by atoms with E-state index in [1.807, 2.05) is 0 Å². The number of aliphatic hydroxyl groups is 1. The minimum Gasteiger partial charge on any atom is -0.384 e. The summed E-state index contributed by atoms with van der Waals surface area (Å²) in [5.74, 6) is 3.64. The number of hydrogen-bond acceptors (Lipinski definition) is 3. The van der Waals surface area contributed by atoms with Crippen molar-refractivity contribution in [3.8, 4) is 11.8 Å². The maximum Gasteiger partial charge on any atom is 0.253 e. The van der Waals surface area contributed by atoms with Gasteiger partial charge in [-0.3, -0.25) is 9.59 Å². The van der Waals surface area contributed by atoms with Crippen LogP contribution in [0.2, 0.25) is 0 Å².